The normalized spacial score (nSPS) is 16.6. The van der Waals surface area contributed by atoms with Gasteiger partial charge in [0, 0.05) is 5.54 Å². The second kappa shape index (κ2) is 6.30. The third-order valence-corrected chi connectivity index (χ3v) is 3.96. The zero-order valence-electron chi connectivity index (χ0n) is 11.8. The fourth-order valence-corrected chi connectivity index (χ4v) is 2.57. The van der Waals surface area contributed by atoms with Crippen molar-refractivity contribution in [1.29, 1.82) is 0 Å². The minimum Gasteiger partial charge on any atom is -0.386 e. The van der Waals surface area contributed by atoms with Crippen LogP contribution in [-0.4, -0.2) is 28.6 Å². The van der Waals surface area contributed by atoms with Crippen LogP contribution >= 0.6 is 0 Å². The third-order valence-electron chi connectivity index (χ3n) is 3.96. The van der Waals surface area contributed by atoms with E-state index in [2.05, 4.69) is 25.7 Å². The number of likely N-dealkylation sites (N-methyl/N-ethyl adjacent to an activating group) is 1. The zero-order chi connectivity index (χ0) is 13.8. The topological polar surface area (TPSA) is 23.5 Å². The van der Waals surface area contributed by atoms with Gasteiger partial charge in [0.1, 0.15) is 5.82 Å². The van der Waals surface area contributed by atoms with Crippen LogP contribution in [0.2, 0.25) is 0 Å². The maximum absolute atomic E-state index is 13.3. The Kier molecular flexibility index (Phi) is 5.29. The first-order chi connectivity index (χ1) is 8.49. The smallest absolute Gasteiger partial charge is 0.123 e. The average Bonchev–Trinajstić information content (AvgIpc) is 2.38. The van der Waals surface area contributed by atoms with Crippen molar-refractivity contribution in [2.75, 3.05) is 13.1 Å². The quantitative estimate of drug-likeness (QED) is 0.840. The van der Waals surface area contributed by atoms with Crippen LogP contribution in [0.5, 0.6) is 0 Å². The summed E-state index contributed by atoms with van der Waals surface area (Å²) in [5, 5.41) is 10.6. The molecule has 0 saturated carbocycles. The molecule has 0 aliphatic heterocycles. The van der Waals surface area contributed by atoms with E-state index in [4.69, 9.17) is 0 Å². The first-order valence-electron chi connectivity index (χ1n) is 6.68. The van der Waals surface area contributed by atoms with Gasteiger partial charge in [-0.2, -0.15) is 0 Å². The van der Waals surface area contributed by atoms with Crippen molar-refractivity contribution in [3.8, 4) is 0 Å². The second-order valence-electron chi connectivity index (χ2n) is 4.84. The summed E-state index contributed by atoms with van der Waals surface area (Å²) in [7, 11) is 0. The number of halogens is 1. The second-order valence-corrected chi connectivity index (χ2v) is 4.84. The van der Waals surface area contributed by atoms with E-state index in [-0.39, 0.29) is 11.4 Å². The van der Waals surface area contributed by atoms with Gasteiger partial charge < -0.3 is 5.11 Å². The summed E-state index contributed by atoms with van der Waals surface area (Å²) >= 11 is 0. The van der Waals surface area contributed by atoms with Gasteiger partial charge in [0.05, 0.1) is 6.10 Å². The van der Waals surface area contributed by atoms with Gasteiger partial charge in [-0.1, -0.05) is 32.9 Å². The van der Waals surface area contributed by atoms with Crippen LogP contribution in [0, 0.1) is 5.82 Å². The molecule has 3 heteroatoms. The molecule has 0 aromatic heterocycles. The molecule has 1 aromatic rings. The van der Waals surface area contributed by atoms with Crippen LogP contribution in [0.25, 0.3) is 0 Å². The van der Waals surface area contributed by atoms with E-state index in [0.717, 1.165) is 19.5 Å². The van der Waals surface area contributed by atoms with E-state index in [1.54, 1.807) is 12.1 Å². The van der Waals surface area contributed by atoms with Gasteiger partial charge in [-0.15, -0.1) is 0 Å². The lowest BCUT2D eigenvalue weighted by Gasteiger charge is -2.43. The highest BCUT2D eigenvalue weighted by atomic mass is 19.1. The molecule has 0 amide bonds. The fourth-order valence-electron chi connectivity index (χ4n) is 2.57. The summed E-state index contributed by atoms with van der Waals surface area (Å²) in [5.74, 6) is -0.301. The molecule has 18 heavy (non-hydrogen) atoms. The molecule has 2 nitrogen and oxygen atoms in total. The van der Waals surface area contributed by atoms with Crippen molar-refractivity contribution in [2.24, 2.45) is 0 Å². The maximum Gasteiger partial charge on any atom is 0.123 e. The van der Waals surface area contributed by atoms with Crippen LogP contribution in [0.1, 0.15) is 45.8 Å². The van der Waals surface area contributed by atoms with E-state index >= 15 is 0 Å². The lowest BCUT2D eigenvalue weighted by molar-refractivity contribution is -0.0215. The molecule has 0 radical (unpaired) electrons. The fraction of sp³-hybridized carbons (Fsp3) is 0.600. The number of nitrogens with zero attached hydrogens (tertiary/aromatic N) is 1. The lowest BCUT2D eigenvalue weighted by atomic mass is 9.85. The van der Waals surface area contributed by atoms with E-state index < -0.39 is 6.10 Å². The van der Waals surface area contributed by atoms with Crippen LogP contribution < -0.4 is 0 Å². The number of aliphatic hydroxyl groups is 1. The molecule has 2 atom stereocenters. The van der Waals surface area contributed by atoms with Crippen LogP contribution in [-0.2, 0) is 0 Å². The summed E-state index contributed by atoms with van der Waals surface area (Å²) in [6.07, 6.45) is 0.130. The predicted octanol–water partition coefficient (Wildman–Crippen LogP) is 3.37. The predicted molar refractivity (Wildman–Crippen MR) is 73.0 cm³/mol. The average molecular weight is 253 g/mol. The Morgan fingerprint density at radius 1 is 1.28 bits per heavy atom. The monoisotopic (exact) mass is 253 g/mol. The number of hydrogen-bond acceptors (Lipinski definition) is 2. The van der Waals surface area contributed by atoms with E-state index in [9.17, 15) is 9.50 Å². The Bertz CT molecular complexity index is 379. The number of aliphatic hydroxyl groups excluding tert-OH is 1. The molecule has 102 valence electrons. The van der Waals surface area contributed by atoms with Crippen molar-refractivity contribution in [3.63, 3.8) is 0 Å². The molecule has 1 rings (SSSR count). The Labute approximate surface area is 109 Å². The minimum atomic E-state index is -0.682. The number of benzene rings is 1. The number of rotatable bonds is 6. The molecule has 0 aliphatic carbocycles. The Morgan fingerprint density at radius 2 is 1.89 bits per heavy atom. The van der Waals surface area contributed by atoms with E-state index in [1.165, 1.54) is 12.1 Å². The van der Waals surface area contributed by atoms with Crippen LogP contribution in [0.3, 0.4) is 0 Å². The molecule has 2 unspecified atom stereocenters. The summed E-state index contributed by atoms with van der Waals surface area (Å²) in [6, 6.07) is 6.25. The molecule has 0 aliphatic rings. The summed E-state index contributed by atoms with van der Waals surface area (Å²) in [4.78, 5) is 2.22. The summed E-state index contributed by atoms with van der Waals surface area (Å²) in [5.41, 5.74) is 0.281. The van der Waals surface area contributed by atoms with Gasteiger partial charge in [-0.3, -0.25) is 4.90 Å². The van der Waals surface area contributed by atoms with Crippen LogP contribution in [0.4, 0.5) is 4.39 Å². The SMILES string of the molecule is CCN(CC)C(C)(CC)C(O)c1cccc(F)c1. The van der Waals surface area contributed by atoms with Gasteiger partial charge in [0.2, 0.25) is 0 Å². The van der Waals surface area contributed by atoms with Crippen molar-refractivity contribution >= 4 is 0 Å². The highest BCUT2D eigenvalue weighted by molar-refractivity contribution is 5.22. The van der Waals surface area contributed by atoms with Crippen molar-refractivity contribution in [3.05, 3.63) is 35.6 Å². The van der Waals surface area contributed by atoms with Gasteiger partial charge in [-0.05, 0) is 44.1 Å². The third kappa shape index (κ3) is 2.90. The standard InChI is InChI=1S/C15H24FNO/c1-5-15(4,17(6-2)7-3)14(18)12-9-8-10-13(16)11-12/h8-11,14,18H,5-7H2,1-4H3. The molecular formula is C15H24FNO. The van der Waals surface area contributed by atoms with Crippen LogP contribution in [0.15, 0.2) is 24.3 Å². The Hall–Kier alpha value is -0.930. The molecule has 0 saturated heterocycles. The molecule has 0 heterocycles. The molecule has 0 spiro atoms. The van der Waals surface area contributed by atoms with Gasteiger partial charge in [-0.25, -0.2) is 4.39 Å². The van der Waals surface area contributed by atoms with E-state index in [0.29, 0.717) is 5.56 Å². The molecule has 0 fully saturated rings. The van der Waals surface area contributed by atoms with Crippen molar-refractivity contribution in [1.82, 2.24) is 4.90 Å². The zero-order valence-corrected chi connectivity index (χ0v) is 11.8. The molecule has 0 bridgehead atoms. The van der Waals surface area contributed by atoms with Crippen molar-refractivity contribution < 1.29 is 9.50 Å². The highest BCUT2D eigenvalue weighted by Gasteiger charge is 2.36. The van der Waals surface area contributed by atoms with Crippen molar-refractivity contribution in [2.45, 2.75) is 45.8 Å². The maximum atomic E-state index is 13.3. The highest BCUT2D eigenvalue weighted by Crippen LogP contribution is 2.34. The van der Waals surface area contributed by atoms with Gasteiger partial charge >= 0.3 is 0 Å². The lowest BCUT2D eigenvalue weighted by Crippen LogP contribution is -2.50. The Balaban J connectivity index is 3.07. The van der Waals surface area contributed by atoms with E-state index in [1.807, 2.05) is 6.92 Å². The largest absolute Gasteiger partial charge is 0.386 e. The van der Waals surface area contributed by atoms with Gasteiger partial charge in [0.25, 0.3) is 0 Å². The molecule has 1 aromatic carbocycles. The Morgan fingerprint density at radius 3 is 2.33 bits per heavy atom. The first kappa shape index (κ1) is 15.1. The number of hydrogen-bond donors (Lipinski definition) is 1. The minimum absolute atomic E-state index is 0.301. The molecular weight excluding hydrogens is 229 g/mol. The summed E-state index contributed by atoms with van der Waals surface area (Å²) in [6.45, 7) is 9.99. The van der Waals surface area contributed by atoms with Gasteiger partial charge in [0.15, 0.2) is 0 Å². The molecule has 1 N–H and O–H groups in total. The summed E-state index contributed by atoms with van der Waals surface area (Å²) < 4.78 is 13.3. The first-order valence-corrected chi connectivity index (χ1v) is 6.68.